The molecule has 3 unspecified atom stereocenters. The van der Waals surface area contributed by atoms with Gasteiger partial charge in [-0.3, -0.25) is 23.2 Å². The van der Waals surface area contributed by atoms with Gasteiger partial charge in [0, 0.05) is 12.8 Å². The van der Waals surface area contributed by atoms with E-state index in [0.717, 1.165) is 83.5 Å². The van der Waals surface area contributed by atoms with Crippen molar-refractivity contribution in [3.63, 3.8) is 0 Å². The number of unbranched alkanes of at least 4 members (excludes halogenated alkanes) is 10. The number of hydrogen-bond acceptors (Lipinski definition) is 10. The Hall–Kier alpha value is -2.44. The second kappa shape index (κ2) is 37.8. The number of hydrogen-bond donors (Lipinski definition) is 4. The summed E-state index contributed by atoms with van der Waals surface area (Å²) < 4.78 is 47.6. The lowest BCUT2D eigenvalue weighted by atomic mass is 10.1. The minimum Gasteiger partial charge on any atom is -0.462 e. The molecule has 57 heavy (non-hydrogen) atoms. The van der Waals surface area contributed by atoms with Gasteiger partial charge in [0.25, 0.3) is 0 Å². The second-order valence-electron chi connectivity index (χ2n) is 13.5. The Balaban J connectivity index is 4.66. The van der Waals surface area contributed by atoms with E-state index in [2.05, 4.69) is 95.8 Å². The molecule has 15 heteroatoms. The Morgan fingerprint density at radius 2 is 0.965 bits per heavy atom. The minimum absolute atomic E-state index is 0.0750. The van der Waals surface area contributed by atoms with E-state index >= 15 is 0 Å². The molecule has 3 atom stereocenters. The number of esters is 2. The highest BCUT2D eigenvalue weighted by Crippen LogP contribution is 2.43. The van der Waals surface area contributed by atoms with Crippen LogP contribution in [-0.4, -0.2) is 70.4 Å². The predicted octanol–water partition coefficient (Wildman–Crippen LogP) is 10.2. The molecule has 0 radical (unpaired) electrons. The summed E-state index contributed by atoms with van der Waals surface area (Å²) in [7, 11) is -9.69. The molecule has 0 aromatic carbocycles. The zero-order valence-electron chi connectivity index (χ0n) is 34.4. The van der Waals surface area contributed by atoms with E-state index in [-0.39, 0.29) is 12.8 Å². The lowest BCUT2D eigenvalue weighted by Crippen LogP contribution is -2.30. The molecule has 0 spiro atoms. The number of phosphoric acid groups is 2. The Morgan fingerprint density at radius 3 is 1.53 bits per heavy atom. The average Bonchev–Trinajstić information content (AvgIpc) is 3.17. The van der Waals surface area contributed by atoms with Crippen LogP contribution in [0.3, 0.4) is 0 Å². The quantitative estimate of drug-likeness (QED) is 0.0199. The van der Waals surface area contributed by atoms with Gasteiger partial charge in [-0.15, -0.1) is 0 Å². The third-order valence-electron chi connectivity index (χ3n) is 8.07. The van der Waals surface area contributed by atoms with Crippen molar-refractivity contribution >= 4 is 27.6 Å². The van der Waals surface area contributed by atoms with Crippen LogP contribution < -0.4 is 0 Å². The maximum Gasteiger partial charge on any atom is 0.472 e. The number of rotatable bonds is 38. The van der Waals surface area contributed by atoms with E-state index in [1.54, 1.807) is 0 Å². The smallest absolute Gasteiger partial charge is 0.462 e. The monoisotopic (exact) mass is 846 g/mol. The van der Waals surface area contributed by atoms with Crippen molar-refractivity contribution in [1.29, 1.82) is 0 Å². The van der Waals surface area contributed by atoms with E-state index in [9.17, 15) is 28.7 Å². The Morgan fingerprint density at radius 1 is 0.526 bits per heavy atom. The first-order valence-electron chi connectivity index (χ1n) is 20.6. The summed E-state index contributed by atoms with van der Waals surface area (Å²) in [5, 5.41) is 9.73. The summed E-state index contributed by atoms with van der Waals surface area (Å²) in [6.45, 7) is 1.53. The van der Waals surface area contributed by atoms with Gasteiger partial charge in [-0.2, -0.15) is 0 Å². The molecule has 0 saturated heterocycles. The van der Waals surface area contributed by atoms with E-state index in [1.165, 1.54) is 19.3 Å². The summed E-state index contributed by atoms with van der Waals surface area (Å²) in [4.78, 5) is 52.6. The SMILES string of the molecule is CCC=CCC=CCC=CCCCCCCCC(=O)OCC(COP(=O)(O)OCC(O)COP(=O)(O)O)OC(=O)CCCCC=CCC=CCC=CCCCCC. The molecular weight excluding hydrogens is 774 g/mol. The highest BCUT2D eigenvalue weighted by atomic mass is 31.2. The zero-order chi connectivity index (χ0) is 42.3. The van der Waals surface area contributed by atoms with Crippen LogP contribution in [0.25, 0.3) is 0 Å². The summed E-state index contributed by atoms with van der Waals surface area (Å²) in [6, 6.07) is 0. The molecule has 0 bridgehead atoms. The largest absolute Gasteiger partial charge is 0.472 e. The highest BCUT2D eigenvalue weighted by Gasteiger charge is 2.28. The molecule has 13 nitrogen and oxygen atoms in total. The van der Waals surface area contributed by atoms with Gasteiger partial charge in [0.2, 0.25) is 0 Å². The third-order valence-corrected chi connectivity index (χ3v) is 9.51. The van der Waals surface area contributed by atoms with E-state index in [0.29, 0.717) is 12.8 Å². The van der Waals surface area contributed by atoms with Gasteiger partial charge in [0.15, 0.2) is 6.10 Å². The summed E-state index contributed by atoms with van der Waals surface area (Å²) in [5.74, 6) is -1.10. The van der Waals surface area contributed by atoms with Crippen LogP contribution in [0.4, 0.5) is 0 Å². The fraction of sp³-hybridized carbons (Fsp3) is 0.667. The van der Waals surface area contributed by atoms with Gasteiger partial charge in [0.05, 0.1) is 19.8 Å². The fourth-order valence-corrected chi connectivity index (χ4v) is 6.11. The molecule has 328 valence electrons. The lowest BCUT2D eigenvalue weighted by molar-refractivity contribution is -0.161. The van der Waals surface area contributed by atoms with Gasteiger partial charge in [-0.1, -0.05) is 119 Å². The predicted molar refractivity (Wildman–Crippen MR) is 225 cm³/mol. The van der Waals surface area contributed by atoms with Gasteiger partial charge >= 0.3 is 27.6 Å². The van der Waals surface area contributed by atoms with Crippen LogP contribution in [0.5, 0.6) is 0 Å². The normalized spacial score (nSPS) is 14.8. The molecule has 4 N–H and O–H groups in total. The van der Waals surface area contributed by atoms with Crippen molar-refractivity contribution in [2.24, 2.45) is 0 Å². The molecule has 0 fully saturated rings. The summed E-state index contributed by atoms with van der Waals surface area (Å²) >= 11 is 0. The summed E-state index contributed by atoms with van der Waals surface area (Å²) in [5.41, 5.74) is 0. The first kappa shape index (κ1) is 54.6. The van der Waals surface area contributed by atoms with Crippen LogP contribution in [0, 0.1) is 0 Å². The third kappa shape index (κ3) is 41.5. The standard InChI is InChI=1S/C42H72O13P2/c1-3-5-7-9-11-13-15-17-19-21-23-25-27-29-31-33-41(44)51-37-40(38-54-57(49,50)53-36-39(43)35-52-56(46,47)48)55-42(45)34-32-30-28-26-24-22-20-18-16-14-12-10-8-6-4-2/h5,7,11-14,17-20,24,26,39-40,43H,3-4,6,8-10,15-16,21-23,25,27-38H2,1-2H3,(H,49,50)(H2,46,47,48). The highest BCUT2D eigenvalue weighted by molar-refractivity contribution is 7.47. The van der Waals surface area contributed by atoms with Crippen molar-refractivity contribution in [1.82, 2.24) is 0 Å². The number of ether oxygens (including phenoxy) is 2. The molecule has 0 aliphatic heterocycles. The van der Waals surface area contributed by atoms with Crippen molar-refractivity contribution in [3.8, 4) is 0 Å². The molecule has 0 amide bonds. The van der Waals surface area contributed by atoms with Crippen molar-refractivity contribution in [2.75, 3.05) is 26.4 Å². The number of allylic oxidation sites excluding steroid dienone is 12. The summed E-state index contributed by atoms with van der Waals surface area (Å²) in [6.07, 6.45) is 40.4. The minimum atomic E-state index is -4.87. The Bertz CT molecular complexity index is 1290. The lowest BCUT2D eigenvalue weighted by Gasteiger charge is -2.20. The van der Waals surface area contributed by atoms with Gasteiger partial charge < -0.3 is 29.3 Å². The number of phosphoric ester groups is 2. The Labute approximate surface area is 342 Å². The second-order valence-corrected chi connectivity index (χ2v) is 16.2. The van der Waals surface area contributed by atoms with E-state index in [1.807, 2.05) is 0 Å². The first-order valence-corrected chi connectivity index (χ1v) is 23.7. The van der Waals surface area contributed by atoms with Crippen molar-refractivity contribution in [3.05, 3.63) is 72.9 Å². The van der Waals surface area contributed by atoms with Crippen LogP contribution in [0.15, 0.2) is 72.9 Å². The molecule has 0 aliphatic carbocycles. The van der Waals surface area contributed by atoms with Gasteiger partial charge in [-0.25, -0.2) is 9.13 Å². The average molecular weight is 847 g/mol. The Kier molecular flexibility index (Phi) is 36.2. The van der Waals surface area contributed by atoms with E-state index < -0.39 is 66.2 Å². The number of aliphatic hydroxyl groups is 1. The van der Waals surface area contributed by atoms with Crippen molar-refractivity contribution < 1.29 is 61.6 Å². The maximum atomic E-state index is 12.6. The molecule has 0 saturated carbocycles. The number of aliphatic hydroxyl groups excluding tert-OH is 1. The number of carbonyl (C=O) groups is 2. The molecule has 0 aromatic rings. The van der Waals surface area contributed by atoms with Crippen LogP contribution in [0.1, 0.15) is 142 Å². The van der Waals surface area contributed by atoms with Crippen LogP contribution >= 0.6 is 15.6 Å². The van der Waals surface area contributed by atoms with Crippen molar-refractivity contribution in [2.45, 2.75) is 154 Å². The first-order chi connectivity index (χ1) is 27.4. The topological polar surface area (TPSA) is 195 Å². The van der Waals surface area contributed by atoms with Gasteiger partial charge in [-0.05, 0) is 83.5 Å². The van der Waals surface area contributed by atoms with Gasteiger partial charge in [0.1, 0.15) is 12.7 Å². The zero-order valence-corrected chi connectivity index (χ0v) is 36.2. The fourth-order valence-electron chi connectivity index (χ4n) is 4.95. The molecule has 0 aliphatic rings. The maximum absolute atomic E-state index is 12.6. The molecule has 0 aromatic heterocycles. The van der Waals surface area contributed by atoms with Crippen LogP contribution in [-0.2, 0) is 41.8 Å². The molecule has 0 rings (SSSR count). The van der Waals surface area contributed by atoms with Crippen LogP contribution in [0.2, 0.25) is 0 Å². The molecule has 0 heterocycles. The molecular formula is C42H72O13P2. The van der Waals surface area contributed by atoms with E-state index in [4.69, 9.17) is 23.8 Å². The number of carbonyl (C=O) groups excluding carboxylic acids is 2.